The molecule has 2 aromatic rings. The summed E-state index contributed by atoms with van der Waals surface area (Å²) in [5.74, 6) is 0.0796. The van der Waals surface area contributed by atoms with Crippen LogP contribution in [0.15, 0.2) is 30.3 Å². The Morgan fingerprint density at radius 1 is 1.43 bits per heavy atom. The van der Waals surface area contributed by atoms with Gasteiger partial charge in [0.05, 0.1) is 6.10 Å². The van der Waals surface area contributed by atoms with Gasteiger partial charge >= 0.3 is 0 Å². The van der Waals surface area contributed by atoms with Crippen molar-refractivity contribution in [2.45, 2.75) is 32.3 Å². The van der Waals surface area contributed by atoms with Crippen molar-refractivity contribution in [2.75, 3.05) is 19.7 Å². The van der Waals surface area contributed by atoms with Gasteiger partial charge in [0.15, 0.2) is 0 Å². The largest absolute Gasteiger partial charge is 0.376 e. The molecule has 0 aliphatic carbocycles. The molecule has 1 saturated heterocycles. The molecule has 1 aromatic carbocycles. The topological polar surface area (TPSA) is 45.3 Å². The number of likely N-dealkylation sites (tertiary alicyclic amines) is 1. The van der Waals surface area contributed by atoms with Crippen LogP contribution in [-0.4, -0.2) is 41.6 Å². The predicted octanol–water partition coefficient (Wildman–Crippen LogP) is 3.20. The number of nitrogens with one attached hydrogen (secondary N) is 1. The van der Waals surface area contributed by atoms with Crippen molar-refractivity contribution in [3.63, 3.8) is 0 Å². The summed E-state index contributed by atoms with van der Waals surface area (Å²) in [5.41, 5.74) is 1.68. The summed E-state index contributed by atoms with van der Waals surface area (Å²) < 4.78 is 5.80. The van der Waals surface area contributed by atoms with Crippen LogP contribution in [0.5, 0.6) is 0 Å². The van der Waals surface area contributed by atoms with Gasteiger partial charge in [-0.3, -0.25) is 4.79 Å². The molecule has 1 aliphatic heterocycles. The average molecular weight is 286 g/mol. The lowest BCUT2D eigenvalue weighted by molar-refractivity contribution is 0.00195. The first kappa shape index (κ1) is 14.1. The Kier molecular flexibility index (Phi) is 4.25. The van der Waals surface area contributed by atoms with E-state index in [9.17, 15) is 4.79 Å². The van der Waals surface area contributed by atoms with Crippen LogP contribution in [0.1, 0.15) is 36.7 Å². The number of carbonyl (C=O) groups is 1. The van der Waals surface area contributed by atoms with Crippen LogP contribution in [0.4, 0.5) is 0 Å². The predicted molar refractivity (Wildman–Crippen MR) is 83.5 cm³/mol. The Labute approximate surface area is 125 Å². The standard InChI is InChI=1S/C17H22N2O2/c1-2-10-21-14-7-5-9-19(12-14)17(20)16-11-13-6-3-4-8-15(13)18-16/h3-4,6,8,11,14,18H,2,5,7,9-10,12H2,1H3/t14-/m1/s1. The number of ether oxygens (including phenoxy) is 1. The fourth-order valence-corrected chi connectivity index (χ4v) is 2.90. The smallest absolute Gasteiger partial charge is 0.270 e. The molecule has 1 aliphatic rings. The van der Waals surface area contributed by atoms with Gasteiger partial charge in [0.2, 0.25) is 0 Å². The number of benzene rings is 1. The van der Waals surface area contributed by atoms with E-state index in [0.717, 1.165) is 43.3 Å². The number of hydrogen-bond donors (Lipinski definition) is 1. The van der Waals surface area contributed by atoms with E-state index in [2.05, 4.69) is 11.9 Å². The number of fused-ring (bicyclic) bond motifs is 1. The number of para-hydroxylation sites is 1. The highest BCUT2D eigenvalue weighted by Crippen LogP contribution is 2.19. The SMILES string of the molecule is CCCO[C@@H]1CCCN(C(=O)c2cc3ccccc3[nH]2)C1. The molecule has 0 bridgehead atoms. The van der Waals surface area contributed by atoms with E-state index in [1.807, 2.05) is 35.2 Å². The van der Waals surface area contributed by atoms with Gasteiger partial charge in [-0.05, 0) is 31.4 Å². The van der Waals surface area contributed by atoms with Gasteiger partial charge in [0.25, 0.3) is 5.91 Å². The number of aromatic amines is 1. The zero-order chi connectivity index (χ0) is 14.7. The molecule has 112 valence electrons. The first-order valence-electron chi connectivity index (χ1n) is 7.76. The van der Waals surface area contributed by atoms with Crippen LogP contribution >= 0.6 is 0 Å². The highest BCUT2D eigenvalue weighted by Gasteiger charge is 2.25. The summed E-state index contributed by atoms with van der Waals surface area (Å²) in [6.45, 7) is 4.41. The maximum Gasteiger partial charge on any atom is 0.270 e. The first-order valence-corrected chi connectivity index (χ1v) is 7.76. The fraction of sp³-hybridized carbons (Fsp3) is 0.471. The molecule has 0 radical (unpaired) electrons. The third-order valence-corrected chi connectivity index (χ3v) is 3.98. The molecule has 4 heteroatoms. The van der Waals surface area contributed by atoms with E-state index >= 15 is 0 Å². The van der Waals surface area contributed by atoms with Crippen molar-refractivity contribution in [3.8, 4) is 0 Å². The van der Waals surface area contributed by atoms with Gasteiger partial charge in [0.1, 0.15) is 5.69 Å². The minimum Gasteiger partial charge on any atom is -0.376 e. The maximum atomic E-state index is 12.6. The number of amides is 1. The van der Waals surface area contributed by atoms with Crippen LogP contribution in [-0.2, 0) is 4.74 Å². The normalized spacial score (nSPS) is 19.1. The molecule has 1 amide bonds. The van der Waals surface area contributed by atoms with Gasteiger partial charge in [-0.15, -0.1) is 0 Å². The second-order valence-electron chi connectivity index (χ2n) is 5.66. The van der Waals surface area contributed by atoms with Gasteiger partial charge in [0, 0.05) is 30.6 Å². The van der Waals surface area contributed by atoms with Crippen molar-refractivity contribution < 1.29 is 9.53 Å². The zero-order valence-electron chi connectivity index (χ0n) is 12.5. The minimum absolute atomic E-state index is 0.0796. The van der Waals surface area contributed by atoms with Crippen molar-refractivity contribution >= 4 is 16.8 Å². The fourth-order valence-electron chi connectivity index (χ4n) is 2.90. The van der Waals surface area contributed by atoms with Crippen LogP contribution in [0.3, 0.4) is 0 Å². The summed E-state index contributed by atoms with van der Waals surface area (Å²) in [6, 6.07) is 9.91. The van der Waals surface area contributed by atoms with Gasteiger partial charge in [-0.1, -0.05) is 25.1 Å². The van der Waals surface area contributed by atoms with Crippen molar-refractivity contribution in [1.29, 1.82) is 0 Å². The first-order chi connectivity index (χ1) is 10.3. The Morgan fingerprint density at radius 3 is 3.10 bits per heavy atom. The molecule has 1 aromatic heterocycles. The number of aromatic nitrogens is 1. The highest BCUT2D eigenvalue weighted by atomic mass is 16.5. The van der Waals surface area contributed by atoms with Gasteiger partial charge in [-0.25, -0.2) is 0 Å². The molecule has 1 fully saturated rings. The third-order valence-electron chi connectivity index (χ3n) is 3.98. The summed E-state index contributed by atoms with van der Waals surface area (Å²) in [5, 5.41) is 1.08. The van der Waals surface area contributed by atoms with Crippen LogP contribution in [0.2, 0.25) is 0 Å². The highest BCUT2D eigenvalue weighted by molar-refractivity contribution is 5.98. The molecule has 1 N–H and O–H groups in total. The number of nitrogens with zero attached hydrogens (tertiary/aromatic N) is 1. The van der Waals surface area contributed by atoms with E-state index in [0.29, 0.717) is 12.2 Å². The quantitative estimate of drug-likeness (QED) is 0.938. The molecule has 0 unspecified atom stereocenters. The summed E-state index contributed by atoms with van der Waals surface area (Å²) in [7, 11) is 0. The number of carbonyl (C=O) groups excluding carboxylic acids is 1. The lowest BCUT2D eigenvalue weighted by Gasteiger charge is -2.32. The summed E-state index contributed by atoms with van der Waals surface area (Å²) in [6.07, 6.45) is 3.27. The van der Waals surface area contributed by atoms with Crippen molar-refractivity contribution in [2.24, 2.45) is 0 Å². The lowest BCUT2D eigenvalue weighted by atomic mass is 10.1. The molecule has 0 saturated carbocycles. The van der Waals surface area contributed by atoms with Crippen LogP contribution in [0.25, 0.3) is 10.9 Å². The monoisotopic (exact) mass is 286 g/mol. The van der Waals surface area contributed by atoms with Crippen LogP contribution < -0.4 is 0 Å². The molecular formula is C17H22N2O2. The zero-order valence-corrected chi connectivity index (χ0v) is 12.5. The molecule has 0 spiro atoms. The Hall–Kier alpha value is -1.81. The van der Waals surface area contributed by atoms with E-state index in [1.54, 1.807) is 0 Å². The van der Waals surface area contributed by atoms with Crippen molar-refractivity contribution in [1.82, 2.24) is 9.88 Å². The molecule has 3 rings (SSSR count). The Bertz CT molecular complexity index is 587. The minimum atomic E-state index is 0.0796. The number of piperidine rings is 1. The molecule has 21 heavy (non-hydrogen) atoms. The maximum absolute atomic E-state index is 12.6. The van der Waals surface area contributed by atoms with Gasteiger partial charge in [-0.2, -0.15) is 0 Å². The molecule has 2 heterocycles. The Balaban J connectivity index is 1.71. The Morgan fingerprint density at radius 2 is 2.29 bits per heavy atom. The average Bonchev–Trinajstić information content (AvgIpc) is 2.96. The number of H-pyrrole nitrogens is 1. The van der Waals surface area contributed by atoms with E-state index in [-0.39, 0.29) is 12.0 Å². The second kappa shape index (κ2) is 6.31. The molecule has 1 atom stereocenters. The number of hydrogen-bond acceptors (Lipinski definition) is 2. The lowest BCUT2D eigenvalue weighted by Crippen LogP contribution is -2.43. The molecule has 4 nitrogen and oxygen atoms in total. The summed E-state index contributed by atoms with van der Waals surface area (Å²) in [4.78, 5) is 17.8. The summed E-state index contributed by atoms with van der Waals surface area (Å²) >= 11 is 0. The van der Waals surface area contributed by atoms with Gasteiger partial charge < -0.3 is 14.6 Å². The molecular weight excluding hydrogens is 264 g/mol. The van der Waals surface area contributed by atoms with E-state index in [4.69, 9.17) is 4.74 Å². The second-order valence-corrected chi connectivity index (χ2v) is 5.66. The van der Waals surface area contributed by atoms with E-state index < -0.39 is 0 Å². The third kappa shape index (κ3) is 3.10. The van der Waals surface area contributed by atoms with Crippen LogP contribution in [0, 0.1) is 0 Å². The van der Waals surface area contributed by atoms with Crippen molar-refractivity contribution in [3.05, 3.63) is 36.0 Å². The van der Waals surface area contributed by atoms with E-state index in [1.165, 1.54) is 0 Å². The number of rotatable bonds is 4.